The maximum Gasteiger partial charge on any atom is 0.223 e. The number of benzene rings is 1. The summed E-state index contributed by atoms with van der Waals surface area (Å²) in [7, 11) is 0. The van der Waals surface area contributed by atoms with Crippen LogP contribution in [0.25, 0.3) is 0 Å². The summed E-state index contributed by atoms with van der Waals surface area (Å²) in [6.45, 7) is 7.23. The van der Waals surface area contributed by atoms with Crippen molar-refractivity contribution < 1.29 is 14.6 Å². The second kappa shape index (κ2) is 8.59. The fraction of sp³-hybridized carbons (Fsp3) is 0.562. The molecule has 0 aliphatic heterocycles. The molecule has 0 aliphatic rings. The van der Waals surface area contributed by atoms with Crippen LogP contribution in [-0.2, 0) is 4.79 Å². The largest absolute Gasteiger partial charge is 0.493 e. The Morgan fingerprint density at radius 1 is 1.35 bits per heavy atom. The summed E-state index contributed by atoms with van der Waals surface area (Å²) in [5.74, 6) is 1.08. The number of hydrogen-bond donors (Lipinski definition) is 2. The van der Waals surface area contributed by atoms with Crippen molar-refractivity contribution in [3.63, 3.8) is 0 Å². The zero-order valence-corrected chi connectivity index (χ0v) is 12.6. The Morgan fingerprint density at radius 3 is 2.75 bits per heavy atom. The molecule has 0 saturated heterocycles. The lowest BCUT2D eigenvalue weighted by molar-refractivity contribution is -0.121. The average Bonchev–Trinajstić information content (AvgIpc) is 2.41. The highest BCUT2D eigenvalue weighted by atomic mass is 16.5. The minimum Gasteiger partial charge on any atom is -0.493 e. The second-order valence-corrected chi connectivity index (χ2v) is 5.27. The molecule has 0 saturated carbocycles. The van der Waals surface area contributed by atoms with Crippen molar-refractivity contribution in [1.29, 1.82) is 0 Å². The van der Waals surface area contributed by atoms with E-state index >= 15 is 0 Å². The van der Waals surface area contributed by atoms with Crippen molar-refractivity contribution in [1.82, 2.24) is 5.32 Å². The minimum atomic E-state index is -0.0152. The van der Waals surface area contributed by atoms with Gasteiger partial charge >= 0.3 is 0 Å². The van der Waals surface area contributed by atoms with E-state index in [1.54, 1.807) is 0 Å². The average molecular weight is 279 g/mol. The lowest BCUT2D eigenvalue weighted by Crippen LogP contribution is -2.29. The molecule has 112 valence electrons. The molecule has 0 fully saturated rings. The Morgan fingerprint density at radius 2 is 2.10 bits per heavy atom. The third kappa shape index (κ3) is 6.06. The molecule has 1 amide bonds. The van der Waals surface area contributed by atoms with E-state index in [0.29, 0.717) is 31.9 Å². The summed E-state index contributed by atoms with van der Waals surface area (Å²) in [4.78, 5) is 11.6. The first-order valence-corrected chi connectivity index (χ1v) is 7.10. The Labute approximate surface area is 121 Å². The van der Waals surface area contributed by atoms with Gasteiger partial charge in [-0.1, -0.05) is 13.0 Å². The molecule has 0 heterocycles. The topological polar surface area (TPSA) is 58.6 Å². The molecule has 0 spiro atoms. The summed E-state index contributed by atoms with van der Waals surface area (Å²) in [6.07, 6.45) is 1.05. The standard InChI is InChI=1S/C16H25NO3/c1-12(6-8-18)11-17-16(19)7-9-20-15-5-4-13(2)14(3)10-15/h4-5,10,12,18H,6-9,11H2,1-3H3,(H,17,19). The summed E-state index contributed by atoms with van der Waals surface area (Å²) in [5, 5.41) is 11.6. The number of carbonyl (C=O) groups is 1. The number of aliphatic hydroxyl groups excluding tert-OH is 1. The summed E-state index contributed by atoms with van der Waals surface area (Å²) < 4.78 is 5.57. The predicted molar refractivity (Wildman–Crippen MR) is 79.9 cm³/mol. The van der Waals surface area contributed by atoms with E-state index in [2.05, 4.69) is 12.2 Å². The van der Waals surface area contributed by atoms with E-state index < -0.39 is 0 Å². The number of amides is 1. The minimum absolute atomic E-state index is 0.0152. The van der Waals surface area contributed by atoms with Crippen LogP contribution in [-0.4, -0.2) is 30.8 Å². The monoisotopic (exact) mass is 279 g/mol. The van der Waals surface area contributed by atoms with Crippen LogP contribution in [0.15, 0.2) is 18.2 Å². The highest BCUT2D eigenvalue weighted by Crippen LogP contribution is 2.16. The number of aryl methyl sites for hydroxylation is 2. The molecule has 0 aromatic heterocycles. The number of hydrogen-bond acceptors (Lipinski definition) is 3. The predicted octanol–water partition coefficient (Wildman–Crippen LogP) is 2.21. The highest BCUT2D eigenvalue weighted by Gasteiger charge is 2.05. The van der Waals surface area contributed by atoms with Crippen LogP contribution in [0.2, 0.25) is 0 Å². The molecule has 1 rings (SSSR count). The molecule has 1 atom stereocenters. The zero-order valence-electron chi connectivity index (χ0n) is 12.6. The van der Waals surface area contributed by atoms with Crippen molar-refractivity contribution in [2.24, 2.45) is 5.92 Å². The quantitative estimate of drug-likeness (QED) is 0.767. The summed E-state index contributed by atoms with van der Waals surface area (Å²) >= 11 is 0. The van der Waals surface area contributed by atoms with Crippen LogP contribution in [0.4, 0.5) is 0 Å². The van der Waals surface area contributed by atoms with Crippen molar-refractivity contribution in [3.05, 3.63) is 29.3 Å². The fourth-order valence-corrected chi connectivity index (χ4v) is 1.76. The molecular formula is C16H25NO3. The van der Waals surface area contributed by atoms with Gasteiger partial charge in [-0.2, -0.15) is 0 Å². The fourth-order valence-electron chi connectivity index (χ4n) is 1.76. The van der Waals surface area contributed by atoms with Gasteiger partial charge in [-0.3, -0.25) is 4.79 Å². The van der Waals surface area contributed by atoms with Crippen LogP contribution in [0.1, 0.15) is 30.9 Å². The normalized spacial score (nSPS) is 12.0. The van der Waals surface area contributed by atoms with Gasteiger partial charge in [0.05, 0.1) is 13.0 Å². The Balaban J connectivity index is 2.23. The van der Waals surface area contributed by atoms with E-state index in [1.165, 1.54) is 11.1 Å². The maximum atomic E-state index is 11.6. The van der Waals surface area contributed by atoms with Crippen molar-refractivity contribution in [2.45, 2.75) is 33.6 Å². The van der Waals surface area contributed by atoms with Gasteiger partial charge in [-0.05, 0) is 49.4 Å². The molecule has 20 heavy (non-hydrogen) atoms. The van der Waals surface area contributed by atoms with E-state index in [1.807, 2.05) is 32.0 Å². The van der Waals surface area contributed by atoms with Gasteiger partial charge in [0, 0.05) is 13.2 Å². The Kier molecular flexibility index (Phi) is 7.09. The number of nitrogens with one attached hydrogen (secondary N) is 1. The SMILES string of the molecule is Cc1ccc(OCCC(=O)NCC(C)CCO)cc1C. The summed E-state index contributed by atoms with van der Waals surface area (Å²) in [6, 6.07) is 5.92. The smallest absolute Gasteiger partial charge is 0.223 e. The van der Waals surface area contributed by atoms with E-state index in [0.717, 1.165) is 5.75 Å². The lowest BCUT2D eigenvalue weighted by Gasteiger charge is -2.12. The number of ether oxygens (including phenoxy) is 1. The zero-order chi connectivity index (χ0) is 15.0. The molecule has 1 unspecified atom stereocenters. The molecule has 1 aromatic rings. The van der Waals surface area contributed by atoms with Gasteiger partial charge in [-0.15, -0.1) is 0 Å². The van der Waals surface area contributed by atoms with Gasteiger partial charge in [0.1, 0.15) is 5.75 Å². The third-order valence-corrected chi connectivity index (χ3v) is 3.35. The van der Waals surface area contributed by atoms with Crippen LogP contribution in [0.5, 0.6) is 5.75 Å². The van der Waals surface area contributed by atoms with E-state index in [4.69, 9.17) is 9.84 Å². The Hall–Kier alpha value is -1.55. The van der Waals surface area contributed by atoms with Gasteiger partial charge in [0.2, 0.25) is 5.91 Å². The maximum absolute atomic E-state index is 11.6. The third-order valence-electron chi connectivity index (χ3n) is 3.35. The van der Waals surface area contributed by atoms with Crippen LogP contribution >= 0.6 is 0 Å². The van der Waals surface area contributed by atoms with Gasteiger partial charge in [0.25, 0.3) is 0 Å². The first-order valence-electron chi connectivity index (χ1n) is 7.10. The number of rotatable bonds is 8. The van der Waals surface area contributed by atoms with Crippen molar-refractivity contribution in [3.8, 4) is 5.75 Å². The number of carbonyl (C=O) groups excluding carboxylic acids is 1. The van der Waals surface area contributed by atoms with Gasteiger partial charge < -0.3 is 15.2 Å². The Bertz CT molecular complexity index is 432. The van der Waals surface area contributed by atoms with E-state index in [-0.39, 0.29) is 12.5 Å². The van der Waals surface area contributed by atoms with Crippen LogP contribution in [0, 0.1) is 19.8 Å². The molecular weight excluding hydrogens is 254 g/mol. The van der Waals surface area contributed by atoms with Gasteiger partial charge in [-0.25, -0.2) is 0 Å². The van der Waals surface area contributed by atoms with Crippen molar-refractivity contribution >= 4 is 5.91 Å². The highest BCUT2D eigenvalue weighted by molar-refractivity contribution is 5.75. The van der Waals surface area contributed by atoms with E-state index in [9.17, 15) is 4.79 Å². The molecule has 0 radical (unpaired) electrons. The molecule has 0 aliphatic carbocycles. The molecule has 4 nitrogen and oxygen atoms in total. The lowest BCUT2D eigenvalue weighted by atomic mass is 10.1. The second-order valence-electron chi connectivity index (χ2n) is 5.27. The van der Waals surface area contributed by atoms with Gasteiger partial charge in [0.15, 0.2) is 0 Å². The number of aliphatic hydroxyl groups is 1. The van der Waals surface area contributed by atoms with Crippen LogP contribution in [0.3, 0.4) is 0 Å². The first-order chi connectivity index (χ1) is 9.52. The summed E-state index contributed by atoms with van der Waals surface area (Å²) in [5.41, 5.74) is 2.41. The molecule has 1 aromatic carbocycles. The van der Waals surface area contributed by atoms with Crippen molar-refractivity contribution in [2.75, 3.05) is 19.8 Å². The van der Waals surface area contributed by atoms with Crippen LogP contribution < -0.4 is 10.1 Å². The first kappa shape index (κ1) is 16.5. The molecule has 2 N–H and O–H groups in total. The molecule has 0 bridgehead atoms. The molecule has 4 heteroatoms.